The molecular weight excluding hydrogens is 461 g/mol. The highest BCUT2D eigenvalue weighted by atomic mass is 35.5. The van der Waals surface area contributed by atoms with E-state index >= 15 is 0 Å². The number of benzene rings is 3. The largest absolute Gasteiger partial charge is 0.323 e. The molecule has 32 heavy (non-hydrogen) atoms. The van der Waals surface area contributed by atoms with Crippen molar-refractivity contribution >= 4 is 52.6 Å². The third-order valence-corrected chi connectivity index (χ3v) is 6.97. The summed E-state index contributed by atoms with van der Waals surface area (Å²) in [6.07, 6.45) is 1.26. The minimum Gasteiger partial charge on any atom is -0.323 e. The second-order valence-corrected chi connectivity index (χ2v) is 8.79. The van der Waals surface area contributed by atoms with Gasteiger partial charge in [-0.3, -0.25) is 14.5 Å². The minimum atomic E-state index is -1.70. The van der Waals surface area contributed by atoms with Crippen LogP contribution in [0.5, 0.6) is 0 Å². The quantitative estimate of drug-likeness (QED) is 0.488. The van der Waals surface area contributed by atoms with Crippen LogP contribution in [-0.4, -0.2) is 11.8 Å². The van der Waals surface area contributed by atoms with Crippen molar-refractivity contribution in [3.63, 3.8) is 0 Å². The molecule has 1 N–H and O–H groups in total. The Kier molecular flexibility index (Phi) is 4.79. The highest BCUT2D eigenvalue weighted by molar-refractivity contribution is 8.06. The van der Waals surface area contributed by atoms with Gasteiger partial charge in [0.05, 0.1) is 9.93 Å². The number of nitrogens with zero attached hydrogens (tertiary/aromatic N) is 1. The normalized spacial score (nSPS) is 20.9. The van der Waals surface area contributed by atoms with Crippen molar-refractivity contribution in [2.24, 2.45) is 0 Å². The van der Waals surface area contributed by atoms with Crippen LogP contribution in [0.1, 0.15) is 11.1 Å². The summed E-state index contributed by atoms with van der Waals surface area (Å²) in [4.78, 5) is 26.3. The van der Waals surface area contributed by atoms with E-state index in [0.29, 0.717) is 5.69 Å². The molecule has 1 unspecified atom stereocenters. The lowest BCUT2D eigenvalue weighted by Crippen LogP contribution is -2.47. The van der Waals surface area contributed by atoms with Gasteiger partial charge in [-0.2, -0.15) is 0 Å². The molecule has 2 aliphatic rings. The molecule has 1 spiro atoms. The lowest BCUT2D eigenvalue weighted by molar-refractivity contribution is -0.121. The SMILES string of the molecule is O=C1/C(=C/c2c(F)cccc2Cl)SC2(C(=O)Nc3ccc(F)cc32)N1c1ccc(F)cc1. The van der Waals surface area contributed by atoms with Gasteiger partial charge in [0.15, 0.2) is 0 Å². The molecule has 1 fully saturated rings. The highest BCUT2D eigenvalue weighted by Gasteiger charge is 2.60. The molecule has 3 aromatic rings. The molecule has 1 saturated heterocycles. The van der Waals surface area contributed by atoms with Gasteiger partial charge < -0.3 is 5.32 Å². The van der Waals surface area contributed by atoms with Crippen molar-refractivity contribution in [1.82, 2.24) is 0 Å². The molecule has 0 saturated carbocycles. The Morgan fingerprint density at radius 1 is 0.969 bits per heavy atom. The number of halogens is 4. The molecule has 9 heteroatoms. The fourth-order valence-corrected chi connectivity index (χ4v) is 5.41. The van der Waals surface area contributed by atoms with E-state index in [2.05, 4.69) is 5.32 Å². The number of thioether (sulfide) groups is 1. The topological polar surface area (TPSA) is 49.4 Å². The van der Waals surface area contributed by atoms with Crippen molar-refractivity contribution in [3.05, 3.63) is 99.2 Å². The Labute approximate surface area is 189 Å². The molecule has 4 nitrogen and oxygen atoms in total. The van der Waals surface area contributed by atoms with Crippen LogP contribution in [0.25, 0.3) is 6.08 Å². The number of rotatable bonds is 2. The van der Waals surface area contributed by atoms with Crippen molar-refractivity contribution in [3.8, 4) is 0 Å². The molecule has 2 amide bonds. The summed E-state index contributed by atoms with van der Waals surface area (Å²) >= 11 is 6.97. The van der Waals surface area contributed by atoms with Crippen LogP contribution in [0.2, 0.25) is 5.02 Å². The smallest absolute Gasteiger partial charge is 0.266 e. The van der Waals surface area contributed by atoms with E-state index in [1.54, 1.807) is 0 Å². The van der Waals surface area contributed by atoms with Crippen LogP contribution in [0.15, 0.2) is 65.6 Å². The Morgan fingerprint density at radius 3 is 2.41 bits per heavy atom. The van der Waals surface area contributed by atoms with Crippen LogP contribution in [0, 0.1) is 17.5 Å². The van der Waals surface area contributed by atoms with Gasteiger partial charge in [-0.25, -0.2) is 13.2 Å². The molecule has 2 aliphatic heterocycles. The summed E-state index contributed by atoms with van der Waals surface area (Å²) in [6, 6.07) is 12.9. The maximum absolute atomic E-state index is 14.4. The van der Waals surface area contributed by atoms with E-state index in [1.165, 1.54) is 54.6 Å². The van der Waals surface area contributed by atoms with Crippen LogP contribution in [-0.2, 0) is 14.5 Å². The zero-order valence-corrected chi connectivity index (χ0v) is 17.6. The Bertz CT molecular complexity index is 1310. The summed E-state index contributed by atoms with van der Waals surface area (Å²) in [7, 11) is 0. The second kappa shape index (κ2) is 7.43. The van der Waals surface area contributed by atoms with Gasteiger partial charge in [-0.15, -0.1) is 0 Å². The first-order chi connectivity index (χ1) is 15.3. The third kappa shape index (κ3) is 3.02. The van der Waals surface area contributed by atoms with Gasteiger partial charge in [0.25, 0.3) is 11.8 Å². The van der Waals surface area contributed by atoms with E-state index < -0.39 is 34.1 Å². The number of anilines is 2. The lowest BCUT2D eigenvalue weighted by Gasteiger charge is -2.31. The number of hydrogen-bond donors (Lipinski definition) is 1. The molecule has 5 rings (SSSR count). The Balaban J connectivity index is 1.75. The van der Waals surface area contributed by atoms with Crippen LogP contribution in [0.3, 0.4) is 0 Å². The number of hydrogen-bond acceptors (Lipinski definition) is 3. The molecule has 2 heterocycles. The van der Waals surface area contributed by atoms with E-state index in [1.807, 2.05) is 0 Å². The molecular formula is C23H12ClF3N2O2S. The number of fused-ring (bicyclic) bond motifs is 2. The predicted molar refractivity (Wildman–Crippen MR) is 118 cm³/mol. The van der Waals surface area contributed by atoms with Gasteiger partial charge in [0, 0.05) is 22.5 Å². The van der Waals surface area contributed by atoms with Crippen molar-refractivity contribution in [2.75, 3.05) is 10.2 Å². The van der Waals surface area contributed by atoms with Gasteiger partial charge in [-0.1, -0.05) is 29.4 Å². The molecule has 3 aromatic carbocycles. The number of amides is 2. The fourth-order valence-electron chi connectivity index (χ4n) is 3.82. The van der Waals surface area contributed by atoms with Gasteiger partial charge in [-0.05, 0) is 60.7 Å². The molecule has 1 atom stereocenters. The van der Waals surface area contributed by atoms with E-state index in [4.69, 9.17) is 11.6 Å². The van der Waals surface area contributed by atoms with Crippen LogP contribution in [0.4, 0.5) is 24.5 Å². The van der Waals surface area contributed by atoms with Crippen molar-refractivity contribution < 1.29 is 22.8 Å². The standard InChI is InChI=1S/C23H12ClF3N2O2S/c24-17-2-1-3-18(27)15(17)11-20-21(30)29(14-7-4-12(25)5-8-14)23(32-20)16-10-13(26)6-9-19(16)28-22(23)31/h1-11H,(H,28,31)/b20-11-. The lowest BCUT2D eigenvalue weighted by atomic mass is 10.0. The predicted octanol–water partition coefficient (Wildman–Crippen LogP) is 5.68. The maximum atomic E-state index is 14.4. The van der Waals surface area contributed by atoms with E-state index in [9.17, 15) is 22.8 Å². The summed E-state index contributed by atoms with van der Waals surface area (Å²) in [5, 5.41) is 2.76. The molecule has 0 aromatic heterocycles. The van der Waals surface area contributed by atoms with Crippen LogP contribution < -0.4 is 10.2 Å². The van der Waals surface area contributed by atoms with E-state index in [-0.39, 0.29) is 26.7 Å². The van der Waals surface area contributed by atoms with Crippen molar-refractivity contribution in [2.45, 2.75) is 4.87 Å². The minimum absolute atomic E-state index is 0.0148. The van der Waals surface area contributed by atoms with E-state index in [0.717, 1.165) is 28.8 Å². The first kappa shape index (κ1) is 20.7. The summed E-state index contributed by atoms with van der Waals surface area (Å²) in [5.41, 5.74) is 0.778. The second-order valence-electron chi connectivity index (χ2n) is 7.15. The molecule has 0 radical (unpaired) electrons. The first-order valence-corrected chi connectivity index (χ1v) is 10.6. The van der Waals surface area contributed by atoms with Gasteiger partial charge >= 0.3 is 0 Å². The molecule has 0 aliphatic carbocycles. The fraction of sp³-hybridized carbons (Fsp3) is 0.0435. The maximum Gasteiger partial charge on any atom is 0.266 e. The Hall–Kier alpha value is -3.23. The Morgan fingerprint density at radius 2 is 1.69 bits per heavy atom. The molecule has 160 valence electrons. The average molecular weight is 473 g/mol. The summed E-state index contributed by atoms with van der Waals surface area (Å²) in [6.45, 7) is 0. The summed E-state index contributed by atoms with van der Waals surface area (Å²) in [5.74, 6) is -2.98. The number of carbonyl (C=O) groups is 2. The number of nitrogens with one attached hydrogen (secondary N) is 1. The van der Waals surface area contributed by atoms with Crippen molar-refractivity contribution in [1.29, 1.82) is 0 Å². The first-order valence-electron chi connectivity index (χ1n) is 9.37. The summed E-state index contributed by atoms with van der Waals surface area (Å²) < 4.78 is 42.1. The molecule has 0 bridgehead atoms. The third-order valence-electron chi connectivity index (χ3n) is 5.25. The zero-order valence-electron chi connectivity index (χ0n) is 16.0. The van der Waals surface area contributed by atoms with Crippen LogP contribution >= 0.6 is 23.4 Å². The van der Waals surface area contributed by atoms with Gasteiger partial charge in [0.2, 0.25) is 4.87 Å². The van der Waals surface area contributed by atoms with Gasteiger partial charge in [0.1, 0.15) is 17.5 Å². The highest BCUT2D eigenvalue weighted by Crippen LogP contribution is 2.58. The monoisotopic (exact) mass is 472 g/mol. The number of carbonyl (C=O) groups excluding carboxylic acids is 2. The average Bonchev–Trinajstić information content (AvgIpc) is 3.20. The zero-order chi connectivity index (χ0) is 22.6.